The number of fused-ring (bicyclic) bond motifs is 1. The van der Waals surface area contributed by atoms with Crippen molar-refractivity contribution in [3.8, 4) is 0 Å². The molecule has 2 aromatic rings. The zero-order chi connectivity index (χ0) is 10.3. The molecule has 2 heterocycles. The number of nitrogens with two attached hydrogens (primary N) is 1. The number of rotatable bonds is 1. The molecule has 0 spiro atoms. The van der Waals surface area contributed by atoms with Crippen LogP contribution in [0, 0.1) is 6.92 Å². The van der Waals surface area contributed by atoms with E-state index in [1.54, 1.807) is 4.52 Å². The van der Waals surface area contributed by atoms with Crippen LogP contribution in [0.1, 0.15) is 31.2 Å². The molecule has 0 unspecified atom stereocenters. The average Bonchev–Trinajstić information content (AvgIpc) is 2.47. The van der Waals surface area contributed by atoms with Crippen molar-refractivity contribution in [3.63, 3.8) is 0 Å². The molecule has 0 fully saturated rings. The van der Waals surface area contributed by atoms with Crippen molar-refractivity contribution in [2.75, 3.05) is 5.73 Å². The van der Waals surface area contributed by atoms with E-state index in [-0.39, 0.29) is 0 Å². The van der Waals surface area contributed by atoms with Gasteiger partial charge >= 0.3 is 0 Å². The van der Waals surface area contributed by atoms with Crippen molar-refractivity contribution >= 4 is 11.5 Å². The molecule has 0 aromatic carbocycles. The Morgan fingerprint density at radius 1 is 1.36 bits per heavy atom. The Hall–Kier alpha value is -1.58. The molecule has 0 atom stereocenters. The van der Waals surface area contributed by atoms with Crippen LogP contribution in [0.5, 0.6) is 0 Å². The van der Waals surface area contributed by atoms with E-state index >= 15 is 0 Å². The zero-order valence-corrected chi connectivity index (χ0v) is 8.65. The number of anilines is 1. The van der Waals surface area contributed by atoms with Crippen molar-refractivity contribution < 1.29 is 0 Å². The summed E-state index contributed by atoms with van der Waals surface area (Å²) in [6.07, 6.45) is 0. The van der Waals surface area contributed by atoms with Gasteiger partial charge in [0, 0.05) is 17.8 Å². The number of hydrogen-bond acceptors (Lipinski definition) is 3. The number of nitrogen functional groups attached to an aromatic ring is 1. The van der Waals surface area contributed by atoms with Crippen LogP contribution in [0.25, 0.3) is 5.65 Å². The van der Waals surface area contributed by atoms with E-state index in [0.29, 0.717) is 11.7 Å². The molecular weight excluding hydrogens is 176 g/mol. The van der Waals surface area contributed by atoms with Crippen molar-refractivity contribution in [2.24, 2.45) is 0 Å². The normalized spacial score (nSPS) is 11.4. The molecule has 0 bridgehead atoms. The summed E-state index contributed by atoms with van der Waals surface area (Å²) in [6, 6.07) is 3.80. The predicted octanol–water partition coefficient (Wildman–Crippen LogP) is 1.74. The van der Waals surface area contributed by atoms with Gasteiger partial charge in [0.2, 0.25) is 0 Å². The van der Waals surface area contributed by atoms with Crippen molar-refractivity contribution in [1.29, 1.82) is 0 Å². The minimum atomic E-state index is 0.399. The summed E-state index contributed by atoms with van der Waals surface area (Å²) in [7, 11) is 0. The molecule has 2 N–H and O–H groups in total. The maximum Gasteiger partial charge on any atom is 0.157 e. The molecule has 0 radical (unpaired) electrons. The minimum Gasteiger partial charge on any atom is -0.384 e. The van der Waals surface area contributed by atoms with Crippen molar-refractivity contribution in [1.82, 2.24) is 14.6 Å². The van der Waals surface area contributed by atoms with Crippen LogP contribution in [-0.2, 0) is 0 Å². The van der Waals surface area contributed by atoms with Gasteiger partial charge in [0.05, 0.1) is 5.69 Å². The molecule has 0 aliphatic rings. The van der Waals surface area contributed by atoms with Crippen molar-refractivity contribution in [3.05, 3.63) is 23.5 Å². The third-order valence-corrected chi connectivity index (χ3v) is 2.19. The first-order chi connectivity index (χ1) is 6.58. The summed E-state index contributed by atoms with van der Waals surface area (Å²) in [5.74, 6) is 1.04. The lowest BCUT2D eigenvalue weighted by Gasteiger charge is -1.99. The zero-order valence-electron chi connectivity index (χ0n) is 8.65. The van der Waals surface area contributed by atoms with Gasteiger partial charge in [-0.1, -0.05) is 13.8 Å². The Morgan fingerprint density at radius 3 is 2.71 bits per heavy atom. The van der Waals surface area contributed by atoms with Gasteiger partial charge in [-0.2, -0.15) is 9.61 Å². The molecule has 0 saturated heterocycles. The standard InChI is InChI=1S/C10H14N4/c1-6(2)8-5-10-12-7(3)4-9(11)14(10)13-8/h4-6H,11H2,1-3H3. The van der Waals surface area contributed by atoms with Crippen LogP contribution in [0.4, 0.5) is 5.82 Å². The van der Waals surface area contributed by atoms with Gasteiger partial charge < -0.3 is 5.73 Å². The summed E-state index contributed by atoms with van der Waals surface area (Å²) in [5, 5.41) is 4.38. The first-order valence-corrected chi connectivity index (χ1v) is 4.70. The highest BCUT2D eigenvalue weighted by atomic mass is 15.3. The molecular formula is C10H14N4. The van der Waals surface area contributed by atoms with Crippen LogP contribution in [0.3, 0.4) is 0 Å². The van der Waals surface area contributed by atoms with Crippen LogP contribution in [0.15, 0.2) is 12.1 Å². The highest BCUT2D eigenvalue weighted by Gasteiger charge is 2.08. The third kappa shape index (κ3) is 1.32. The third-order valence-electron chi connectivity index (χ3n) is 2.19. The second kappa shape index (κ2) is 2.97. The number of aryl methyl sites for hydroxylation is 1. The van der Waals surface area contributed by atoms with E-state index < -0.39 is 0 Å². The molecule has 0 aliphatic carbocycles. The van der Waals surface area contributed by atoms with Crippen molar-refractivity contribution in [2.45, 2.75) is 26.7 Å². The minimum absolute atomic E-state index is 0.399. The quantitative estimate of drug-likeness (QED) is 0.745. The predicted molar refractivity (Wildman–Crippen MR) is 56.2 cm³/mol. The SMILES string of the molecule is Cc1cc(N)n2nc(C(C)C)cc2n1. The summed E-state index contributed by atoms with van der Waals surface area (Å²) in [5.41, 5.74) is 8.60. The van der Waals surface area contributed by atoms with E-state index in [9.17, 15) is 0 Å². The summed E-state index contributed by atoms with van der Waals surface area (Å²) < 4.78 is 1.68. The van der Waals surface area contributed by atoms with Crippen LogP contribution in [-0.4, -0.2) is 14.6 Å². The van der Waals surface area contributed by atoms with E-state index in [1.807, 2.05) is 19.1 Å². The number of nitrogens with zero attached hydrogens (tertiary/aromatic N) is 3. The summed E-state index contributed by atoms with van der Waals surface area (Å²) >= 11 is 0. The first kappa shape index (κ1) is 8.99. The fourth-order valence-corrected chi connectivity index (χ4v) is 1.43. The van der Waals surface area contributed by atoms with Gasteiger partial charge in [-0.3, -0.25) is 0 Å². The number of aromatic nitrogens is 3. The highest BCUT2D eigenvalue weighted by Crippen LogP contribution is 2.16. The van der Waals surface area contributed by atoms with Gasteiger partial charge in [-0.15, -0.1) is 0 Å². The Bertz CT molecular complexity index is 470. The Kier molecular flexibility index (Phi) is 1.91. The van der Waals surface area contributed by atoms with Gasteiger partial charge in [0.1, 0.15) is 5.82 Å². The lowest BCUT2D eigenvalue weighted by molar-refractivity contribution is 0.789. The monoisotopic (exact) mass is 190 g/mol. The van der Waals surface area contributed by atoms with E-state index in [0.717, 1.165) is 17.0 Å². The molecule has 4 heteroatoms. The second-order valence-electron chi connectivity index (χ2n) is 3.82. The average molecular weight is 190 g/mol. The Morgan fingerprint density at radius 2 is 2.07 bits per heavy atom. The van der Waals surface area contributed by atoms with E-state index in [1.165, 1.54) is 0 Å². The largest absolute Gasteiger partial charge is 0.384 e. The second-order valence-corrected chi connectivity index (χ2v) is 3.82. The lowest BCUT2D eigenvalue weighted by Crippen LogP contribution is -2.01. The topological polar surface area (TPSA) is 56.2 Å². The first-order valence-electron chi connectivity index (χ1n) is 4.70. The molecule has 2 aromatic heterocycles. The highest BCUT2D eigenvalue weighted by molar-refractivity contribution is 5.48. The molecule has 0 aliphatic heterocycles. The molecule has 0 saturated carbocycles. The van der Waals surface area contributed by atoms with Crippen LogP contribution >= 0.6 is 0 Å². The van der Waals surface area contributed by atoms with E-state index in [4.69, 9.17) is 5.73 Å². The van der Waals surface area contributed by atoms with Crippen LogP contribution in [0.2, 0.25) is 0 Å². The van der Waals surface area contributed by atoms with Gasteiger partial charge in [0.15, 0.2) is 5.65 Å². The number of hydrogen-bond donors (Lipinski definition) is 1. The van der Waals surface area contributed by atoms with E-state index in [2.05, 4.69) is 23.9 Å². The van der Waals surface area contributed by atoms with Gasteiger partial charge in [0.25, 0.3) is 0 Å². The maximum atomic E-state index is 5.83. The molecule has 14 heavy (non-hydrogen) atoms. The van der Waals surface area contributed by atoms with Gasteiger partial charge in [-0.05, 0) is 12.8 Å². The summed E-state index contributed by atoms with van der Waals surface area (Å²) in [4.78, 5) is 4.36. The smallest absolute Gasteiger partial charge is 0.157 e. The lowest BCUT2D eigenvalue weighted by atomic mass is 10.1. The van der Waals surface area contributed by atoms with Gasteiger partial charge in [-0.25, -0.2) is 4.98 Å². The fraction of sp³-hybridized carbons (Fsp3) is 0.400. The Balaban J connectivity index is 2.70. The Labute approximate surface area is 82.8 Å². The maximum absolute atomic E-state index is 5.83. The molecule has 0 amide bonds. The molecule has 2 rings (SSSR count). The fourth-order valence-electron chi connectivity index (χ4n) is 1.43. The van der Waals surface area contributed by atoms with Crippen LogP contribution < -0.4 is 5.73 Å². The molecule has 74 valence electrons. The summed E-state index contributed by atoms with van der Waals surface area (Å²) in [6.45, 7) is 6.13. The molecule has 4 nitrogen and oxygen atoms in total.